The molecule has 1 N–H and O–H groups in total. The highest BCUT2D eigenvalue weighted by atomic mass is 16.5. The molecular formula is C14H16N2O. The van der Waals surface area contributed by atoms with Gasteiger partial charge in [0.05, 0.1) is 12.8 Å². The van der Waals surface area contributed by atoms with Crippen LogP contribution >= 0.6 is 0 Å². The summed E-state index contributed by atoms with van der Waals surface area (Å²) in [4.78, 5) is 4.26. The molecule has 0 radical (unpaired) electrons. The topological polar surface area (TPSA) is 34.1 Å². The molecule has 0 fully saturated rings. The molecule has 0 amide bonds. The molecule has 0 aliphatic rings. The van der Waals surface area contributed by atoms with Gasteiger partial charge in [0.25, 0.3) is 0 Å². The zero-order valence-corrected chi connectivity index (χ0v) is 9.89. The van der Waals surface area contributed by atoms with Crippen LogP contribution in [0.4, 0.5) is 0 Å². The number of methoxy groups -OCH3 is 1. The molecule has 3 nitrogen and oxygen atoms in total. The van der Waals surface area contributed by atoms with E-state index in [-0.39, 0.29) is 0 Å². The molecule has 0 atom stereocenters. The molecule has 0 spiro atoms. The second kappa shape index (κ2) is 6.01. The monoisotopic (exact) mass is 228 g/mol. The molecule has 0 bridgehead atoms. The lowest BCUT2D eigenvalue weighted by Gasteiger charge is -2.06. The van der Waals surface area contributed by atoms with Crippen LogP contribution in [0.25, 0.3) is 0 Å². The summed E-state index contributed by atoms with van der Waals surface area (Å²) in [5, 5.41) is 3.35. The van der Waals surface area contributed by atoms with Gasteiger partial charge in [-0.25, -0.2) is 0 Å². The highest BCUT2D eigenvalue weighted by Crippen LogP contribution is 2.12. The first kappa shape index (κ1) is 11.6. The third-order valence-corrected chi connectivity index (χ3v) is 2.50. The van der Waals surface area contributed by atoms with Gasteiger partial charge in [0, 0.05) is 19.3 Å². The van der Waals surface area contributed by atoms with Crippen LogP contribution in [-0.4, -0.2) is 12.1 Å². The maximum Gasteiger partial charge on any atom is 0.119 e. The number of aromatic nitrogens is 1. The van der Waals surface area contributed by atoms with Gasteiger partial charge in [-0.05, 0) is 29.8 Å². The fourth-order valence-electron chi connectivity index (χ4n) is 1.62. The van der Waals surface area contributed by atoms with E-state index in [1.165, 1.54) is 5.56 Å². The van der Waals surface area contributed by atoms with Gasteiger partial charge in [-0.2, -0.15) is 0 Å². The van der Waals surface area contributed by atoms with Gasteiger partial charge in [0.15, 0.2) is 0 Å². The Morgan fingerprint density at radius 3 is 2.82 bits per heavy atom. The van der Waals surface area contributed by atoms with Crippen molar-refractivity contribution >= 4 is 0 Å². The Labute approximate surface area is 101 Å². The number of hydrogen-bond acceptors (Lipinski definition) is 3. The number of ether oxygens (including phenoxy) is 1. The molecule has 0 unspecified atom stereocenters. The van der Waals surface area contributed by atoms with Crippen molar-refractivity contribution in [3.05, 3.63) is 59.9 Å². The van der Waals surface area contributed by atoms with Crippen molar-refractivity contribution in [3.63, 3.8) is 0 Å². The Bertz CT molecular complexity index is 457. The normalized spacial score (nSPS) is 10.2. The maximum atomic E-state index is 5.18. The largest absolute Gasteiger partial charge is 0.497 e. The van der Waals surface area contributed by atoms with E-state index in [0.29, 0.717) is 0 Å². The average Bonchev–Trinajstić information content (AvgIpc) is 2.40. The van der Waals surface area contributed by atoms with Crippen molar-refractivity contribution in [3.8, 4) is 5.75 Å². The van der Waals surface area contributed by atoms with Crippen LogP contribution < -0.4 is 10.1 Å². The first-order valence-corrected chi connectivity index (χ1v) is 5.62. The molecule has 17 heavy (non-hydrogen) atoms. The molecule has 88 valence electrons. The van der Waals surface area contributed by atoms with E-state index in [2.05, 4.69) is 16.4 Å². The van der Waals surface area contributed by atoms with Gasteiger partial charge in [0.1, 0.15) is 5.75 Å². The molecule has 3 heteroatoms. The van der Waals surface area contributed by atoms with E-state index in [9.17, 15) is 0 Å². The van der Waals surface area contributed by atoms with Crippen LogP contribution in [-0.2, 0) is 13.1 Å². The number of nitrogens with zero attached hydrogens (tertiary/aromatic N) is 1. The van der Waals surface area contributed by atoms with Crippen molar-refractivity contribution in [1.29, 1.82) is 0 Å². The van der Waals surface area contributed by atoms with E-state index < -0.39 is 0 Å². The van der Waals surface area contributed by atoms with E-state index in [4.69, 9.17) is 4.74 Å². The van der Waals surface area contributed by atoms with Gasteiger partial charge in [-0.1, -0.05) is 18.2 Å². The summed E-state index contributed by atoms with van der Waals surface area (Å²) in [6, 6.07) is 14.0. The number of pyridine rings is 1. The Morgan fingerprint density at radius 1 is 1.12 bits per heavy atom. The lowest BCUT2D eigenvalue weighted by molar-refractivity contribution is 0.414. The van der Waals surface area contributed by atoms with Crippen LogP contribution in [0, 0.1) is 0 Å². The predicted octanol–water partition coefficient (Wildman–Crippen LogP) is 2.38. The third kappa shape index (κ3) is 3.57. The smallest absolute Gasteiger partial charge is 0.119 e. The van der Waals surface area contributed by atoms with Crippen molar-refractivity contribution in [2.45, 2.75) is 13.1 Å². The van der Waals surface area contributed by atoms with Gasteiger partial charge < -0.3 is 10.1 Å². The van der Waals surface area contributed by atoms with E-state index >= 15 is 0 Å². The SMILES string of the molecule is COc1cccc(CNCc2ccccn2)c1. The van der Waals surface area contributed by atoms with E-state index in [1.807, 2.05) is 42.6 Å². The quantitative estimate of drug-likeness (QED) is 0.853. The molecular weight excluding hydrogens is 212 g/mol. The van der Waals surface area contributed by atoms with Crippen LogP contribution in [0.15, 0.2) is 48.7 Å². The lowest BCUT2D eigenvalue weighted by atomic mass is 10.2. The Morgan fingerprint density at radius 2 is 2.06 bits per heavy atom. The second-order valence-corrected chi connectivity index (χ2v) is 3.78. The zero-order chi connectivity index (χ0) is 11.9. The highest BCUT2D eigenvalue weighted by molar-refractivity contribution is 5.28. The summed E-state index contributed by atoms with van der Waals surface area (Å²) >= 11 is 0. The van der Waals surface area contributed by atoms with Gasteiger partial charge in [0.2, 0.25) is 0 Å². The molecule has 1 aromatic heterocycles. The number of nitrogens with one attached hydrogen (secondary N) is 1. The third-order valence-electron chi connectivity index (χ3n) is 2.50. The van der Waals surface area contributed by atoms with Gasteiger partial charge in [-0.15, -0.1) is 0 Å². The van der Waals surface area contributed by atoms with E-state index in [1.54, 1.807) is 7.11 Å². The Kier molecular flexibility index (Phi) is 4.11. The minimum absolute atomic E-state index is 0.776. The van der Waals surface area contributed by atoms with E-state index in [0.717, 1.165) is 24.5 Å². The highest BCUT2D eigenvalue weighted by Gasteiger charge is 1.96. The summed E-state index contributed by atoms with van der Waals surface area (Å²) < 4.78 is 5.18. The minimum atomic E-state index is 0.776. The minimum Gasteiger partial charge on any atom is -0.497 e. The van der Waals surface area contributed by atoms with Crippen molar-refractivity contribution in [2.75, 3.05) is 7.11 Å². The van der Waals surface area contributed by atoms with Crippen molar-refractivity contribution < 1.29 is 4.74 Å². The number of hydrogen-bond donors (Lipinski definition) is 1. The zero-order valence-electron chi connectivity index (χ0n) is 9.89. The molecule has 0 saturated carbocycles. The first-order valence-electron chi connectivity index (χ1n) is 5.62. The molecule has 2 rings (SSSR count). The Balaban J connectivity index is 1.86. The fourth-order valence-corrected chi connectivity index (χ4v) is 1.62. The molecule has 1 aromatic carbocycles. The predicted molar refractivity (Wildman–Crippen MR) is 67.8 cm³/mol. The lowest BCUT2D eigenvalue weighted by Crippen LogP contribution is -2.13. The number of rotatable bonds is 5. The van der Waals surface area contributed by atoms with Crippen LogP contribution in [0.1, 0.15) is 11.3 Å². The first-order chi connectivity index (χ1) is 8.38. The summed E-state index contributed by atoms with van der Waals surface area (Å²) in [7, 11) is 1.68. The molecule has 0 aliphatic carbocycles. The molecule has 0 saturated heterocycles. The number of benzene rings is 1. The van der Waals surface area contributed by atoms with Crippen LogP contribution in [0.5, 0.6) is 5.75 Å². The maximum absolute atomic E-state index is 5.18. The summed E-state index contributed by atoms with van der Waals surface area (Å²) in [5.74, 6) is 0.891. The van der Waals surface area contributed by atoms with Gasteiger partial charge >= 0.3 is 0 Å². The molecule has 0 aliphatic heterocycles. The standard InChI is InChI=1S/C14H16N2O/c1-17-14-7-4-5-12(9-14)10-15-11-13-6-2-3-8-16-13/h2-9,15H,10-11H2,1H3. The van der Waals surface area contributed by atoms with Crippen molar-refractivity contribution in [1.82, 2.24) is 10.3 Å². The Hall–Kier alpha value is -1.87. The molecule has 2 aromatic rings. The van der Waals surface area contributed by atoms with Gasteiger partial charge in [-0.3, -0.25) is 4.98 Å². The summed E-state index contributed by atoms with van der Waals surface area (Å²) in [6.45, 7) is 1.59. The average molecular weight is 228 g/mol. The second-order valence-electron chi connectivity index (χ2n) is 3.78. The van der Waals surface area contributed by atoms with Crippen LogP contribution in [0.3, 0.4) is 0 Å². The van der Waals surface area contributed by atoms with Crippen LogP contribution in [0.2, 0.25) is 0 Å². The molecule has 1 heterocycles. The summed E-state index contributed by atoms with van der Waals surface area (Å²) in [6.07, 6.45) is 1.81. The summed E-state index contributed by atoms with van der Waals surface area (Å²) in [5.41, 5.74) is 2.26. The van der Waals surface area contributed by atoms with Crippen molar-refractivity contribution in [2.24, 2.45) is 0 Å². The fraction of sp³-hybridized carbons (Fsp3) is 0.214.